The number of hydrogen-bond donors (Lipinski definition) is 4. The number of likely N-dealkylation sites (N-methyl/N-ethyl adjacent to an activating group) is 1. The highest BCUT2D eigenvalue weighted by molar-refractivity contribution is 7.80. The maximum Gasteiger partial charge on any atom is 0.210 e. The summed E-state index contributed by atoms with van der Waals surface area (Å²) in [5, 5.41) is 17.3. The van der Waals surface area contributed by atoms with Crippen LogP contribution in [0.2, 0.25) is 0 Å². The first kappa shape index (κ1) is 18.0. The maximum atomic E-state index is 5.49. The van der Waals surface area contributed by atoms with Crippen molar-refractivity contribution in [2.75, 3.05) is 19.5 Å². The number of H-pyrrole nitrogens is 1. The van der Waals surface area contributed by atoms with Crippen molar-refractivity contribution < 1.29 is 4.74 Å². The van der Waals surface area contributed by atoms with Gasteiger partial charge in [0.2, 0.25) is 5.13 Å². The summed E-state index contributed by atoms with van der Waals surface area (Å²) in [4.78, 5) is 0. The summed E-state index contributed by atoms with van der Waals surface area (Å²) in [7, 11) is 3.51. The van der Waals surface area contributed by atoms with E-state index in [9.17, 15) is 0 Å². The second-order valence-electron chi connectivity index (χ2n) is 4.76. The zero-order valence-corrected chi connectivity index (χ0v) is 15.3. The fourth-order valence-corrected chi connectivity index (χ4v) is 3.28. The normalized spacial score (nSPS) is 13.3. The zero-order chi connectivity index (χ0) is 16.7. The first-order valence-electron chi connectivity index (χ1n) is 6.99. The average Bonchev–Trinajstić information content (AvgIpc) is 2.94. The molecule has 0 radical (unpaired) electrons. The molecule has 2 rings (SSSR count). The van der Waals surface area contributed by atoms with E-state index in [1.165, 1.54) is 16.9 Å². The highest BCUT2D eigenvalue weighted by Crippen LogP contribution is 2.11. The molecule has 23 heavy (non-hydrogen) atoms. The number of aromatic nitrogens is 2. The monoisotopic (exact) mass is 369 g/mol. The Morgan fingerprint density at radius 3 is 2.70 bits per heavy atom. The lowest BCUT2D eigenvalue weighted by Gasteiger charge is -2.27. The molecule has 0 amide bonds. The Bertz CT molecular complexity index is 668. The molecule has 0 aliphatic carbocycles. The quantitative estimate of drug-likeness (QED) is 0.441. The van der Waals surface area contributed by atoms with Crippen LogP contribution in [0.1, 0.15) is 5.56 Å². The van der Waals surface area contributed by atoms with Crippen LogP contribution >= 0.6 is 35.8 Å². The molecule has 4 N–H and O–H groups in total. The number of rotatable bonds is 7. The standard InChI is InChI=1S/C14H19N5OS3/c1-15-11(20-2)10(8-9-6-4-3-5-7-9)16-12(21)17-13-18-19-14(22)23-13/h3-7,10-11,15H,8H2,1-2H3,(H,19,22)(H2,16,17,18,21). The number of aromatic amines is 1. The van der Waals surface area contributed by atoms with Crippen LogP contribution in [0.25, 0.3) is 0 Å². The van der Waals surface area contributed by atoms with Gasteiger partial charge in [-0.3, -0.25) is 10.4 Å². The van der Waals surface area contributed by atoms with Crippen LogP contribution in [0.3, 0.4) is 0 Å². The molecule has 0 aliphatic rings. The summed E-state index contributed by atoms with van der Waals surface area (Å²) in [6.07, 6.45) is 0.575. The van der Waals surface area contributed by atoms with Crippen molar-refractivity contribution in [1.82, 2.24) is 20.8 Å². The van der Waals surface area contributed by atoms with Crippen molar-refractivity contribution in [2.45, 2.75) is 18.7 Å². The maximum absolute atomic E-state index is 5.49. The summed E-state index contributed by atoms with van der Waals surface area (Å²) in [5.41, 5.74) is 1.19. The Morgan fingerprint density at radius 1 is 1.39 bits per heavy atom. The SMILES string of the molecule is CNC(OC)C(Cc1ccccc1)NC(=S)Nc1n[nH]c(=S)s1. The Kier molecular flexibility index (Phi) is 7.06. The number of ether oxygens (including phenoxy) is 1. The zero-order valence-electron chi connectivity index (χ0n) is 12.8. The molecule has 0 aliphatic heterocycles. The summed E-state index contributed by atoms with van der Waals surface area (Å²) in [6, 6.07) is 10.1. The number of nitrogens with zero attached hydrogens (tertiary/aromatic N) is 1. The first-order valence-corrected chi connectivity index (χ1v) is 8.62. The van der Waals surface area contributed by atoms with Gasteiger partial charge in [0.05, 0.1) is 6.04 Å². The smallest absolute Gasteiger partial charge is 0.210 e. The van der Waals surface area contributed by atoms with Gasteiger partial charge in [0.25, 0.3) is 0 Å². The highest BCUT2D eigenvalue weighted by Gasteiger charge is 2.21. The number of anilines is 1. The minimum Gasteiger partial charge on any atom is -0.364 e. The van der Waals surface area contributed by atoms with E-state index in [-0.39, 0.29) is 12.3 Å². The third-order valence-corrected chi connectivity index (χ3v) is 4.40. The fraction of sp³-hybridized carbons (Fsp3) is 0.357. The van der Waals surface area contributed by atoms with Crippen LogP contribution < -0.4 is 16.0 Å². The van der Waals surface area contributed by atoms with Crippen LogP contribution in [0.5, 0.6) is 0 Å². The number of hydrogen-bond acceptors (Lipinski definition) is 6. The van der Waals surface area contributed by atoms with Gasteiger partial charge < -0.3 is 15.4 Å². The van der Waals surface area contributed by atoms with Crippen LogP contribution in [-0.2, 0) is 11.2 Å². The lowest BCUT2D eigenvalue weighted by Crippen LogP contribution is -2.52. The molecule has 9 heteroatoms. The number of thiocarbonyl (C=S) groups is 1. The van der Waals surface area contributed by atoms with E-state index in [1.807, 2.05) is 25.2 Å². The summed E-state index contributed by atoms with van der Waals surface area (Å²) < 4.78 is 6.09. The molecule has 2 unspecified atom stereocenters. The van der Waals surface area contributed by atoms with Crippen molar-refractivity contribution in [2.24, 2.45) is 0 Å². The van der Waals surface area contributed by atoms with Gasteiger partial charge in [-0.1, -0.05) is 41.7 Å². The van der Waals surface area contributed by atoms with E-state index in [0.717, 1.165) is 6.42 Å². The molecule has 1 heterocycles. The molecular formula is C14H19N5OS3. The van der Waals surface area contributed by atoms with Crippen molar-refractivity contribution in [3.63, 3.8) is 0 Å². The average molecular weight is 370 g/mol. The molecule has 1 aromatic carbocycles. The lowest BCUT2D eigenvalue weighted by atomic mass is 10.0. The highest BCUT2D eigenvalue weighted by atomic mass is 32.1. The number of nitrogens with one attached hydrogen (secondary N) is 4. The predicted molar refractivity (Wildman–Crippen MR) is 100 cm³/mol. The minimum absolute atomic E-state index is 0.0423. The Morgan fingerprint density at radius 2 is 2.13 bits per heavy atom. The lowest BCUT2D eigenvalue weighted by molar-refractivity contribution is 0.0535. The Balaban J connectivity index is 2.04. The van der Waals surface area contributed by atoms with Gasteiger partial charge in [0, 0.05) is 7.11 Å². The molecule has 0 saturated heterocycles. The van der Waals surface area contributed by atoms with Crippen LogP contribution in [0.4, 0.5) is 5.13 Å². The van der Waals surface area contributed by atoms with E-state index < -0.39 is 0 Å². The third-order valence-electron chi connectivity index (χ3n) is 3.18. The molecule has 2 aromatic rings. The minimum atomic E-state index is -0.188. The molecule has 0 saturated carbocycles. The fourth-order valence-electron chi connectivity index (χ4n) is 2.17. The summed E-state index contributed by atoms with van der Waals surface area (Å²) in [5.74, 6) is 0. The van der Waals surface area contributed by atoms with E-state index in [4.69, 9.17) is 29.2 Å². The van der Waals surface area contributed by atoms with Crippen LogP contribution in [-0.4, -0.2) is 41.7 Å². The van der Waals surface area contributed by atoms with Crippen molar-refractivity contribution in [3.05, 3.63) is 39.8 Å². The topological polar surface area (TPSA) is 74.0 Å². The molecule has 0 bridgehead atoms. The second kappa shape index (κ2) is 9.04. The van der Waals surface area contributed by atoms with Gasteiger partial charge in [-0.25, -0.2) is 0 Å². The molecule has 124 valence electrons. The van der Waals surface area contributed by atoms with Gasteiger partial charge >= 0.3 is 0 Å². The van der Waals surface area contributed by atoms with Crippen LogP contribution in [0, 0.1) is 3.95 Å². The molecule has 1 aromatic heterocycles. The van der Waals surface area contributed by atoms with E-state index >= 15 is 0 Å². The Labute approximate surface area is 149 Å². The van der Waals surface area contributed by atoms with Crippen molar-refractivity contribution >= 4 is 46.0 Å². The van der Waals surface area contributed by atoms with Crippen molar-refractivity contribution in [3.8, 4) is 0 Å². The van der Waals surface area contributed by atoms with Crippen LogP contribution in [0.15, 0.2) is 30.3 Å². The van der Waals surface area contributed by atoms with Gasteiger partial charge in [-0.05, 0) is 43.5 Å². The van der Waals surface area contributed by atoms with E-state index in [1.54, 1.807) is 7.11 Å². The largest absolute Gasteiger partial charge is 0.364 e. The second-order valence-corrected chi connectivity index (χ2v) is 6.83. The summed E-state index contributed by atoms with van der Waals surface area (Å²) in [6.45, 7) is 0. The third kappa shape index (κ3) is 5.63. The van der Waals surface area contributed by atoms with Gasteiger partial charge in [0.15, 0.2) is 9.07 Å². The summed E-state index contributed by atoms with van der Waals surface area (Å²) >= 11 is 11.7. The van der Waals surface area contributed by atoms with Gasteiger partial charge in [0.1, 0.15) is 6.23 Å². The van der Waals surface area contributed by atoms with Crippen molar-refractivity contribution in [1.29, 1.82) is 0 Å². The predicted octanol–water partition coefficient (Wildman–Crippen LogP) is 2.29. The van der Waals surface area contributed by atoms with Gasteiger partial charge in [-0.15, -0.1) is 5.10 Å². The van der Waals surface area contributed by atoms with E-state index in [2.05, 4.69) is 38.3 Å². The first-order chi connectivity index (χ1) is 11.1. The molecule has 0 spiro atoms. The molecule has 2 atom stereocenters. The molecule has 0 fully saturated rings. The molecular weight excluding hydrogens is 350 g/mol. The molecule has 6 nitrogen and oxygen atoms in total. The Hall–Kier alpha value is -1.39. The van der Waals surface area contributed by atoms with E-state index in [0.29, 0.717) is 14.2 Å². The number of benzene rings is 1. The number of methoxy groups -OCH3 is 1. The van der Waals surface area contributed by atoms with Gasteiger partial charge in [-0.2, -0.15) is 0 Å².